The summed E-state index contributed by atoms with van der Waals surface area (Å²) in [6.07, 6.45) is 2.15. The monoisotopic (exact) mass is 367 g/mol. The maximum Gasteiger partial charge on any atom is 0.248 e. The molecule has 0 aliphatic carbocycles. The molecule has 1 aliphatic rings. The Bertz CT molecular complexity index is 882. The minimum atomic E-state index is -0.0316. The summed E-state index contributed by atoms with van der Waals surface area (Å²) in [6.45, 7) is 2.08. The molecule has 0 radical (unpaired) electrons. The highest BCUT2D eigenvalue weighted by molar-refractivity contribution is 9.10. The number of rotatable bonds is 2. The highest BCUT2D eigenvalue weighted by Gasteiger charge is 2.24. The van der Waals surface area contributed by atoms with Gasteiger partial charge >= 0.3 is 0 Å². The van der Waals surface area contributed by atoms with Gasteiger partial charge in [-0.3, -0.25) is 0 Å². The maximum atomic E-state index is 4.12. The highest BCUT2D eigenvalue weighted by atomic mass is 79.9. The van der Waals surface area contributed by atoms with Crippen molar-refractivity contribution < 1.29 is 0 Å². The molecule has 1 aromatic heterocycles. The van der Waals surface area contributed by atoms with Crippen molar-refractivity contribution in [2.45, 2.75) is 13.0 Å². The van der Waals surface area contributed by atoms with Crippen LogP contribution in [0.3, 0.4) is 0 Å². The summed E-state index contributed by atoms with van der Waals surface area (Å²) in [4.78, 5) is 0. The highest BCUT2D eigenvalue weighted by Crippen LogP contribution is 2.32. The van der Waals surface area contributed by atoms with Crippen LogP contribution in [0.4, 0.5) is 5.95 Å². The predicted molar refractivity (Wildman–Crippen MR) is 92.9 cm³/mol. The molecule has 23 heavy (non-hydrogen) atoms. The molecule has 0 saturated carbocycles. The molecule has 114 valence electrons. The molecule has 6 heteroatoms. The molecule has 0 fully saturated rings. The van der Waals surface area contributed by atoms with E-state index < -0.39 is 0 Å². The van der Waals surface area contributed by atoms with Gasteiger partial charge in [-0.15, -0.1) is 0 Å². The largest absolute Gasteiger partial charge is 0.323 e. The van der Waals surface area contributed by atoms with Crippen molar-refractivity contribution in [3.05, 3.63) is 75.8 Å². The minimum Gasteiger partial charge on any atom is -0.323 e. The lowest BCUT2D eigenvalue weighted by molar-refractivity contribution is 0.586. The number of tetrazole rings is 1. The molecule has 1 unspecified atom stereocenters. The lowest BCUT2D eigenvalue weighted by Crippen LogP contribution is -2.20. The van der Waals surface area contributed by atoms with E-state index in [1.54, 1.807) is 4.68 Å². The third-order valence-corrected chi connectivity index (χ3v) is 4.38. The van der Waals surface area contributed by atoms with Gasteiger partial charge < -0.3 is 5.32 Å². The fourth-order valence-corrected chi connectivity index (χ4v) is 3.08. The van der Waals surface area contributed by atoms with Crippen LogP contribution in [-0.2, 0) is 0 Å². The van der Waals surface area contributed by atoms with E-state index in [2.05, 4.69) is 86.2 Å². The van der Waals surface area contributed by atoms with Gasteiger partial charge in [0, 0.05) is 10.2 Å². The second kappa shape index (κ2) is 5.62. The summed E-state index contributed by atoms with van der Waals surface area (Å²) in [6, 6.07) is 16.6. The van der Waals surface area contributed by atoms with Crippen LogP contribution in [0.15, 0.2) is 59.1 Å². The van der Waals surface area contributed by atoms with E-state index in [1.165, 1.54) is 5.56 Å². The molecule has 1 atom stereocenters. The van der Waals surface area contributed by atoms with E-state index in [0.29, 0.717) is 5.95 Å². The molecule has 1 aliphatic heterocycles. The quantitative estimate of drug-likeness (QED) is 0.748. The fraction of sp³-hybridized carbons (Fsp3) is 0.118. The standard InChI is InChI=1S/C17H14BrN5/c1-11-5-7-12(8-6-11)16-10-15(13-3-2-4-14(18)9-13)19-17-20-21-22-23(16)17/h2-10,16H,1H3,(H,19,20,22). The van der Waals surface area contributed by atoms with Crippen LogP contribution >= 0.6 is 15.9 Å². The number of benzene rings is 2. The maximum absolute atomic E-state index is 4.12. The van der Waals surface area contributed by atoms with Gasteiger partial charge in [0.2, 0.25) is 5.95 Å². The second-order valence-corrected chi connectivity index (χ2v) is 6.43. The Kier molecular flexibility index (Phi) is 3.46. The topological polar surface area (TPSA) is 55.6 Å². The Morgan fingerprint density at radius 3 is 2.74 bits per heavy atom. The normalized spacial score (nSPS) is 16.4. The number of allylic oxidation sites excluding steroid dienone is 1. The van der Waals surface area contributed by atoms with Crippen LogP contribution < -0.4 is 5.32 Å². The number of nitrogens with one attached hydrogen (secondary N) is 1. The van der Waals surface area contributed by atoms with Crippen molar-refractivity contribution in [2.75, 3.05) is 5.32 Å². The second-order valence-electron chi connectivity index (χ2n) is 5.52. The third kappa shape index (κ3) is 2.66. The van der Waals surface area contributed by atoms with Gasteiger partial charge in [-0.25, -0.2) is 0 Å². The number of aromatic nitrogens is 4. The van der Waals surface area contributed by atoms with Crippen molar-refractivity contribution in [1.82, 2.24) is 20.2 Å². The molecule has 2 heterocycles. The van der Waals surface area contributed by atoms with Crippen LogP contribution in [0.1, 0.15) is 22.7 Å². The summed E-state index contributed by atoms with van der Waals surface area (Å²) in [5.41, 5.74) is 4.47. The van der Waals surface area contributed by atoms with Crippen LogP contribution in [0.2, 0.25) is 0 Å². The molecule has 0 amide bonds. The number of halogens is 1. The summed E-state index contributed by atoms with van der Waals surface area (Å²) in [5, 5.41) is 15.3. The molecule has 0 bridgehead atoms. The summed E-state index contributed by atoms with van der Waals surface area (Å²) >= 11 is 3.52. The molecule has 2 aromatic carbocycles. The van der Waals surface area contributed by atoms with Gasteiger partial charge in [-0.1, -0.05) is 63.0 Å². The lowest BCUT2D eigenvalue weighted by atomic mass is 10.0. The first-order valence-corrected chi connectivity index (χ1v) is 8.09. The van der Waals surface area contributed by atoms with Crippen molar-refractivity contribution in [1.29, 1.82) is 0 Å². The lowest BCUT2D eigenvalue weighted by Gasteiger charge is -2.23. The van der Waals surface area contributed by atoms with Crippen LogP contribution in [0, 0.1) is 6.92 Å². The number of anilines is 1. The average molecular weight is 368 g/mol. The van der Waals surface area contributed by atoms with Gasteiger partial charge in [0.25, 0.3) is 0 Å². The minimum absolute atomic E-state index is 0.0316. The smallest absolute Gasteiger partial charge is 0.248 e. The number of hydrogen-bond donors (Lipinski definition) is 1. The number of fused-ring (bicyclic) bond motifs is 1. The number of aryl methyl sites for hydroxylation is 1. The van der Waals surface area contributed by atoms with Crippen LogP contribution in [0.25, 0.3) is 5.70 Å². The zero-order chi connectivity index (χ0) is 15.8. The first-order valence-electron chi connectivity index (χ1n) is 7.30. The Labute approximate surface area is 142 Å². The molecule has 1 N–H and O–H groups in total. The van der Waals surface area contributed by atoms with Gasteiger partial charge in [-0.2, -0.15) is 4.68 Å². The third-order valence-electron chi connectivity index (χ3n) is 3.88. The molecule has 5 nitrogen and oxygen atoms in total. The number of nitrogens with zero attached hydrogens (tertiary/aromatic N) is 4. The zero-order valence-electron chi connectivity index (χ0n) is 12.4. The summed E-state index contributed by atoms with van der Waals surface area (Å²) in [7, 11) is 0. The number of hydrogen-bond acceptors (Lipinski definition) is 4. The van der Waals surface area contributed by atoms with Crippen molar-refractivity contribution in [3.63, 3.8) is 0 Å². The zero-order valence-corrected chi connectivity index (χ0v) is 14.0. The molecule has 4 rings (SSSR count). The predicted octanol–water partition coefficient (Wildman–Crippen LogP) is 3.80. The Hall–Kier alpha value is -2.47. The van der Waals surface area contributed by atoms with Crippen molar-refractivity contribution in [3.8, 4) is 0 Å². The van der Waals surface area contributed by atoms with E-state index in [4.69, 9.17) is 0 Å². The van der Waals surface area contributed by atoms with Gasteiger partial charge in [0.15, 0.2) is 0 Å². The Balaban J connectivity index is 1.81. The van der Waals surface area contributed by atoms with Gasteiger partial charge in [0.05, 0.1) is 0 Å². The van der Waals surface area contributed by atoms with Crippen molar-refractivity contribution >= 4 is 27.6 Å². The van der Waals surface area contributed by atoms with Crippen molar-refractivity contribution in [2.24, 2.45) is 0 Å². The van der Waals surface area contributed by atoms with Crippen LogP contribution in [-0.4, -0.2) is 20.2 Å². The first-order chi connectivity index (χ1) is 11.2. The first kappa shape index (κ1) is 14.1. The van der Waals surface area contributed by atoms with E-state index in [0.717, 1.165) is 21.3 Å². The summed E-state index contributed by atoms with van der Waals surface area (Å²) in [5.74, 6) is 0.646. The van der Waals surface area contributed by atoms with Crippen LogP contribution in [0.5, 0.6) is 0 Å². The van der Waals surface area contributed by atoms with Gasteiger partial charge in [0.1, 0.15) is 6.04 Å². The van der Waals surface area contributed by atoms with E-state index in [9.17, 15) is 0 Å². The SMILES string of the molecule is Cc1ccc(C2C=C(c3cccc(Br)c3)Nc3nnnn32)cc1. The Morgan fingerprint density at radius 1 is 1.13 bits per heavy atom. The van der Waals surface area contributed by atoms with E-state index in [1.807, 2.05) is 12.1 Å². The molecule has 0 saturated heterocycles. The molecular formula is C17H14BrN5. The van der Waals surface area contributed by atoms with E-state index >= 15 is 0 Å². The fourth-order valence-electron chi connectivity index (χ4n) is 2.68. The van der Waals surface area contributed by atoms with E-state index in [-0.39, 0.29) is 6.04 Å². The summed E-state index contributed by atoms with van der Waals surface area (Å²) < 4.78 is 2.83. The Morgan fingerprint density at radius 2 is 1.96 bits per heavy atom. The molecule has 0 spiro atoms. The average Bonchev–Trinajstić information content (AvgIpc) is 3.03. The molecule has 3 aromatic rings. The molecular weight excluding hydrogens is 354 g/mol. The van der Waals surface area contributed by atoms with Gasteiger partial charge in [-0.05, 0) is 46.7 Å².